The monoisotopic (exact) mass is 366 g/mol. The lowest BCUT2D eigenvalue weighted by Gasteiger charge is -2.18. The van der Waals surface area contributed by atoms with Crippen molar-refractivity contribution >= 4 is 15.9 Å². The van der Waals surface area contributed by atoms with Crippen molar-refractivity contribution in [2.75, 3.05) is 26.2 Å². The van der Waals surface area contributed by atoms with Crippen molar-refractivity contribution < 1.29 is 18.3 Å². The maximum Gasteiger partial charge on any atom is 0.401 e. The Morgan fingerprint density at radius 1 is 1.38 bits per heavy atom. The van der Waals surface area contributed by atoms with Crippen LogP contribution in [-0.2, 0) is 6.54 Å². The van der Waals surface area contributed by atoms with Crippen LogP contribution in [0.1, 0.15) is 12.0 Å². The van der Waals surface area contributed by atoms with E-state index in [9.17, 15) is 18.3 Å². The van der Waals surface area contributed by atoms with Gasteiger partial charge in [-0.2, -0.15) is 13.2 Å². The van der Waals surface area contributed by atoms with Gasteiger partial charge in [0.25, 0.3) is 0 Å². The van der Waals surface area contributed by atoms with Gasteiger partial charge in [0.2, 0.25) is 0 Å². The fourth-order valence-corrected chi connectivity index (χ4v) is 2.98. The van der Waals surface area contributed by atoms with Crippen molar-refractivity contribution in [1.29, 1.82) is 0 Å². The molecular formula is C14H18BrF3N2O. The molecule has 1 saturated heterocycles. The summed E-state index contributed by atoms with van der Waals surface area (Å²) in [6.07, 6.45) is -3.32. The van der Waals surface area contributed by atoms with Crippen molar-refractivity contribution in [2.24, 2.45) is 5.92 Å². The van der Waals surface area contributed by atoms with Crippen LogP contribution in [0.2, 0.25) is 0 Å². The molecular weight excluding hydrogens is 349 g/mol. The van der Waals surface area contributed by atoms with Crippen LogP contribution >= 0.6 is 15.9 Å². The third-order valence-electron chi connectivity index (χ3n) is 3.55. The van der Waals surface area contributed by atoms with E-state index in [1.165, 1.54) is 4.90 Å². The molecule has 2 N–H and O–H groups in total. The van der Waals surface area contributed by atoms with Crippen LogP contribution in [0.5, 0.6) is 5.75 Å². The Labute approximate surface area is 130 Å². The Kier molecular flexibility index (Phi) is 5.51. The summed E-state index contributed by atoms with van der Waals surface area (Å²) in [5.41, 5.74) is 1.02. The molecule has 21 heavy (non-hydrogen) atoms. The summed E-state index contributed by atoms with van der Waals surface area (Å²) < 4.78 is 37.5. The summed E-state index contributed by atoms with van der Waals surface area (Å²) in [5.74, 6) is 0.449. The van der Waals surface area contributed by atoms with Gasteiger partial charge in [-0.05, 0) is 59.1 Å². The molecule has 1 fully saturated rings. The standard InChI is InChI=1S/C14H18BrF3N2O/c15-12-5-10(1-2-13(12)21)6-19-7-11-3-4-20(8-11)9-14(16,17)18/h1-2,5,11,19,21H,3-4,6-9H2. The summed E-state index contributed by atoms with van der Waals surface area (Å²) in [5, 5.41) is 12.7. The number of halogens is 4. The first-order valence-electron chi connectivity index (χ1n) is 6.81. The zero-order valence-corrected chi connectivity index (χ0v) is 13.0. The van der Waals surface area contributed by atoms with E-state index in [1.807, 2.05) is 12.1 Å². The topological polar surface area (TPSA) is 35.5 Å². The van der Waals surface area contributed by atoms with Crippen LogP contribution in [0.4, 0.5) is 13.2 Å². The number of rotatable bonds is 5. The third-order valence-corrected chi connectivity index (χ3v) is 4.18. The molecule has 2 rings (SSSR count). The lowest BCUT2D eigenvalue weighted by molar-refractivity contribution is -0.143. The van der Waals surface area contributed by atoms with Gasteiger partial charge in [0.1, 0.15) is 5.75 Å². The summed E-state index contributed by atoms with van der Waals surface area (Å²) >= 11 is 3.25. The zero-order chi connectivity index (χ0) is 15.5. The molecule has 0 aromatic heterocycles. The molecule has 1 aromatic carbocycles. The van der Waals surface area contributed by atoms with E-state index >= 15 is 0 Å². The van der Waals surface area contributed by atoms with Gasteiger partial charge in [-0.15, -0.1) is 0 Å². The van der Waals surface area contributed by atoms with E-state index in [0.29, 0.717) is 30.7 Å². The van der Waals surface area contributed by atoms with E-state index in [4.69, 9.17) is 0 Å². The van der Waals surface area contributed by atoms with E-state index in [2.05, 4.69) is 21.2 Å². The minimum Gasteiger partial charge on any atom is -0.507 e. The van der Waals surface area contributed by atoms with Crippen molar-refractivity contribution in [3.8, 4) is 5.75 Å². The molecule has 0 radical (unpaired) electrons. The highest BCUT2D eigenvalue weighted by Crippen LogP contribution is 2.25. The first kappa shape index (κ1) is 16.6. The highest BCUT2D eigenvalue weighted by molar-refractivity contribution is 9.10. The van der Waals surface area contributed by atoms with Gasteiger partial charge >= 0.3 is 6.18 Å². The largest absolute Gasteiger partial charge is 0.507 e. The zero-order valence-electron chi connectivity index (χ0n) is 11.5. The Morgan fingerprint density at radius 2 is 2.14 bits per heavy atom. The fourth-order valence-electron chi connectivity index (χ4n) is 2.56. The van der Waals surface area contributed by atoms with Crippen LogP contribution in [0.15, 0.2) is 22.7 Å². The van der Waals surface area contributed by atoms with Crippen molar-refractivity contribution in [1.82, 2.24) is 10.2 Å². The van der Waals surface area contributed by atoms with Crippen molar-refractivity contribution in [3.05, 3.63) is 28.2 Å². The molecule has 1 atom stereocenters. The van der Waals surface area contributed by atoms with Crippen LogP contribution in [0.3, 0.4) is 0 Å². The number of phenols is 1. The van der Waals surface area contributed by atoms with Gasteiger partial charge in [-0.25, -0.2) is 0 Å². The highest BCUT2D eigenvalue weighted by atomic mass is 79.9. The van der Waals surface area contributed by atoms with Crippen LogP contribution < -0.4 is 5.32 Å². The number of hydrogen-bond acceptors (Lipinski definition) is 3. The number of phenolic OH excluding ortho intramolecular Hbond substituents is 1. The molecule has 0 amide bonds. The minimum atomic E-state index is -4.11. The average Bonchev–Trinajstić information content (AvgIpc) is 2.79. The van der Waals surface area contributed by atoms with Crippen LogP contribution in [-0.4, -0.2) is 42.4 Å². The van der Waals surface area contributed by atoms with Crippen LogP contribution in [0.25, 0.3) is 0 Å². The van der Waals surface area contributed by atoms with E-state index < -0.39 is 12.7 Å². The maximum absolute atomic E-state index is 12.3. The molecule has 3 nitrogen and oxygen atoms in total. The first-order chi connectivity index (χ1) is 9.83. The highest BCUT2D eigenvalue weighted by Gasteiger charge is 2.34. The number of nitrogens with one attached hydrogen (secondary N) is 1. The molecule has 0 bridgehead atoms. The predicted molar refractivity (Wildman–Crippen MR) is 78.1 cm³/mol. The number of nitrogens with zero attached hydrogens (tertiary/aromatic N) is 1. The molecule has 1 aliphatic heterocycles. The summed E-state index contributed by atoms with van der Waals surface area (Å²) in [6, 6.07) is 5.26. The minimum absolute atomic E-state index is 0.192. The van der Waals surface area contributed by atoms with Gasteiger partial charge in [0.05, 0.1) is 11.0 Å². The predicted octanol–water partition coefficient (Wildman–Crippen LogP) is 3.13. The Balaban J connectivity index is 1.71. The normalized spacial score (nSPS) is 20.1. The van der Waals surface area contributed by atoms with Crippen molar-refractivity contribution in [3.63, 3.8) is 0 Å². The number of likely N-dealkylation sites (tertiary alicyclic amines) is 1. The third kappa shape index (κ3) is 5.48. The van der Waals surface area contributed by atoms with Crippen LogP contribution in [0, 0.1) is 5.92 Å². The SMILES string of the molecule is Oc1ccc(CNCC2CCN(CC(F)(F)F)C2)cc1Br. The number of benzene rings is 1. The summed E-state index contributed by atoms with van der Waals surface area (Å²) in [4.78, 5) is 1.46. The second-order valence-corrected chi connectivity index (χ2v) is 6.28. The second kappa shape index (κ2) is 6.98. The van der Waals surface area contributed by atoms with Gasteiger partial charge in [0, 0.05) is 13.1 Å². The molecule has 1 aliphatic rings. The Bertz CT molecular complexity index is 482. The molecule has 118 valence electrons. The fraction of sp³-hybridized carbons (Fsp3) is 0.571. The first-order valence-corrected chi connectivity index (χ1v) is 7.60. The van der Waals surface area contributed by atoms with E-state index in [1.54, 1.807) is 6.07 Å². The summed E-state index contributed by atoms with van der Waals surface area (Å²) in [7, 11) is 0. The number of aromatic hydroxyl groups is 1. The van der Waals surface area contributed by atoms with E-state index in [-0.39, 0.29) is 11.7 Å². The van der Waals surface area contributed by atoms with E-state index in [0.717, 1.165) is 12.0 Å². The Morgan fingerprint density at radius 3 is 2.81 bits per heavy atom. The van der Waals surface area contributed by atoms with Crippen molar-refractivity contribution in [2.45, 2.75) is 19.1 Å². The molecule has 7 heteroatoms. The second-order valence-electron chi connectivity index (χ2n) is 5.42. The lowest BCUT2D eigenvalue weighted by atomic mass is 10.1. The Hall–Kier alpha value is -0.790. The molecule has 1 unspecified atom stereocenters. The number of hydrogen-bond donors (Lipinski definition) is 2. The lowest BCUT2D eigenvalue weighted by Crippen LogP contribution is -2.33. The van der Waals surface area contributed by atoms with Gasteiger partial charge < -0.3 is 10.4 Å². The van der Waals surface area contributed by atoms with Gasteiger partial charge in [-0.1, -0.05) is 6.07 Å². The average molecular weight is 367 g/mol. The molecule has 0 spiro atoms. The molecule has 1 heterocycles. The molecule has 0 saturated carbocycles. The van der Waals surface area contributed by atoms with Gasteiger partial charge in [-0.3, -0.25) is 4.90 Å². The quantitative estimate of drug-likeness (QED) is 0.840. The smallest absolute Gasteiger partial charge is 0.401 e. The maximum atomic E-state index is 12.3. The molecule has 0 aliphatic carbocycles. The summed E-state index contributed by atoms with van der Waals surface area (Å²) in [6.45, 7) is 1.53. The number of alkyl halides is 3. The van der Waals surface area contributed by atoms with Gasteiger partial charge in [0.15, 0.2) is 0 Å². The molecule has 1 aromatic rings.